The van der Waals surface area contributed by atoms with Crippen molar-refractivity contribution in [2.75, 3.05) is 0 Å². The molecule has 1 amide bonds. The summed E-state index contributed by atoms with van der Waals surface area (Å²) in [6.07, 6.45) is -1.79. The third-order valence-corrected chi connectivity index (χ3v) is 5.44. The Kier molecular flexibility index (Phi) is 5.06. The molecule has 4 rings (SSSR count). The highest BCUT2D eigenvalue weighted by Crippen LogP contribution is 2.43. The minimum absolute atomic E-state index is 0.0203. The predicted molar refractivity (Wildman–Crippen MR) is 99.3 cm³/mol. The van der Waals surface area contributed by atoms with Gasteiger partial charge in [0, 0.05) is 6.04 Å². The summed E-state index contributed by atoms with van der Waals surface area (Å²) in [5.41, 5.74) is 0.357. The molecule has 2 heterocycles. The Balaban J connectivity index is 1.54. The van der Waals surface area contributed by atoms with Gasteiger partial charge in [-0.25, -0.2) is 9.18 Å². The van der Waals surface area contributed by atoms with Gasteiger partial charge in [0.05, 0.1) is 11.6 Å². The van der Waals surface area contributed by atoms with E-state index in [0.29, 0.717) is 24.5 Å². The fourth-order valence-corrected chi connectivity index (χ4v) is 4.14. The van der Waals surface area contributed by atoms with E-state index in [9.17, 15) is 22.4 Å². The number of fused-ring (bicyclic) bond motifs is 2. The second kappa shape index (κ2) is 7.54. The van der Waals surface area contributed by atoms with Gasteiger partial charge < -0.3 is 4.74 Å². The van der Waals surface area contributed by atoms with Gasteiger partial charge in [-0.1, -0.05) is 42.5 Å². The van der Waals surface area contributed by atoms with Gasteiger partial charge in [0.1, 0.15) is 12.4 Å². The Hall–Kier alpha value is -2.83. The van der Waals surface area contributed by atoms with Gasteiger partial charge in [0.15, 0.2) is 0 Å². The quantitative estimate of drug-likeness (QED) is 0.604. The molecule has 0 spiro atoms. The third-order valence-electron chi connectivity index (χ3n) is 5.44. The van der Waals surface area contributed by atoms with E-state index >= 15 is 0 Å². The molecule has 2 aliphatic rings. The normalized spacial score (nSPS) is 21.1. The van der Waals surface area contributed by atoms with E-state index in [4.69, 9.17) is 4.74 Å². The van der Waals surface area contributed by atoms with E-state index in [1.54, 1.807) is 11.0 Å². The van der Waals surface area contributed by atoms with Crippen LogP contribution in [0.2, 0.25) is 0 Å². The van der Waals surface area contributed by atoms with Crippen LogP contribution in [0.15, 0.2) is 54.6 Å². The zero-order valence-electron chi connectivity index (χ0n) is 15.5. The summed E-state index contributed by atoms with van der Waals surface area (Å²) < 4.78 is 59.0. The summed E-state index contributed by atoms with van der Waals surface area (Å²) in [6, 6.07) is 11.5. The van der Waals surface area contributed by atoms with E-state index in [1.165, 1.54) is 6.07 Å². The molecule has 3 nitrogen and oxygen atoms in total. The van der Waals surface area contributed by atoms with Crippen LogP contribution in [0.1, 0.15) is 36.0 Å². The highest BCUT2D eigenvalue weighted by Gasteiger charge is 2.42. The molecular weight excluding hydrogens is 386 g/mol. The monoisotopic (exact) mass is 405 g/mol. The number of rotatable bonds is 3. The predicted octanol–water partition coefficient (Wildman–Crippen LogP) is 5.80. The first kappa shape index (κ1) is 19.5. The lowest BCUT2D eigenvalue weighted by Gasteiger charge is -2.33. The van der Waals surface area contributed by atoms with Crippen molar-refractivity contribution in [3.05, 3.63) is 77.1 Å². The first-order chi connectivity index (χ1) is 13.8. The number of hydrogen-bond acceptors (Lipinski definition) is 2. The van der Waals surface area contributed by atoms with Crippen molar-refractivity contribution >= 4 is 11.7 Å². The lowest BCUT2D eigenvalue weighted by atomic mass is 9.91. The Bertz CT molecular complexity index is 940. The summed E-state index contributed by atoms with van der Waals surface area (Å²) in [5, 5.41) is 0. The molecule has 7 heteroatoms. The molecule has 0 aromatic heterocycles. The standard InChI is InChI=1S/C22H19F4NO2/c23-16-6-9-19(20(12-16)22(24,25)26)15-10-17-7-8-18(11-15)27(17)21(28)29-13-14-4-2-1-3-5-14/h1-6,9-10,12,17-18H,7-8,11,13H2. The Morgan fingerprint density at radius 2 is 1.86 bits per heavy atom. The van der Waals surface area contributed by atoms with Crippen molar-refractivity contribution in [1.29, 1.82) is 0 Å². The van der Waals surface area contributed by atoms with Crippen molar-refractivity contribution in [3.63, 3.8) is 0 Å². The molecule has 0 saturated carbocycles. The summed E-state index contributed by atoms with van der Waals surface area (Å²) in [4.78, 5) is 14.2. The molecular formula is C22H19F4NO2. The SMILES string of the molecule is O=C(OCc1ccccc1)N1C2C=C(c3ccc(F)cc3C(F)(F)F)CC1CC2. The lowest BCUT2D eigenvalue weighted by molar-refractivity contribution is -0.138. The number of carbonyl (C=O) groups is 1. The number of hydrogen-bond donors (Lipinski definition) is 0. The third kappa shape index (κ3) is 3.99. The van der Waals surface area contributed by atoms with Crippen LogP contribution in [0.5, 0.6) is 0 Å². The van der Waals surface area contributed by atoms with Crippen molar-refractivity contribution in [2.24, 2.45) is 0 Å². The van der Waals surface area contributed by atoms with Crippen LogP contribution in [0.4, 0.5) is 22.4 Å². The fraction of sp³-hybridized carbons (Fsp3) is 0.318. The highest BCUT2D eigenvalue weighted by atomic mass is 19.4. The van der Waals surface area contributed by atoms with E-state index in [2.05, 4.69) is 0 Å². The molecule has 2 unspecified atom stereocenters. The molecule has 2 aromatic carbocycles. The largest absolute Gasteiger partial charge is 0.445 e. The van der Waals surface area contributed by atoms with Crippen LogP contribution in [-0.4, -0.2) is 23.1 Å². The number of benzene rings is 2. The number of carbonyl (C=O) groups excluding carboxylic acids is 1. The van der Waals surface area contributed by atoms with Crippen LogP contribution in [0, 0.1) is 5.82 Å². The van der Waals surface area contributed by atoms with Crippen LogP contribution < -0.4 is 0 Å². The van der Waals surface area contributed by atoms with Crippen LogP contribution >= 0.6 is 0 Å². The maximum atomic E-state index is 13.4. The first-order valence-corrected chi connectivity index (χ1v) is 9.40. The summed E-state index contributed by atoms with van der Waals surface area (Å²) in [6.45, 7) is 0.141. The molecule has 2 aromatic rings. The van der Waals surface area contributed by atoms with Gasteiger partial charge in [-0.3, -0.25) is 4.90 Å². The van der Waals surface area contributed by atoms with Crippen molar-refractivity contribution in [1.82, 2.24) is 4.90 Å². The van der Waals surface area contributed by atoms with E-state index in [-0.39, 0.29) is 30.7 Å². The Labute approximate surface area is 165 Å². The molecule has 29 heavy (non-hydrogen) atoms. The Morgan fingerprint density at radius 1 is 1.10 bits per heavy atom. The molecule has 1 saturated heterocycles. The smallest absolute Gasteiger partial charge is 0.417 e. The molecule has 152 valence electrons. The maximum absolute atomic E-state index is 13.4. The second-order valence-electron chi connectivity index (χ2n) is 7.33. The zero-order chi connectivity index (χ0) is 20.6. The molecule has 0 N–H and O–H groups in total. The van der Waals surface area contributed by atoms with E-state index in [0.717, 1.165) is 11.6 Å². The molecule has 1 fully saturated rings. The maximum Gasteiger partial charge on any atom is 0.417 e. The zero-order valence-corrected chi connectivity index (χ0v) is 15.5. The molecule has 2 atom stereocenters. The number of alkyl halides is 3. The summed E-state index contributed by atoms with van der Waals surface area (Å²) in [5.74, 6) is -0.924. The Morgan fingerprint density at radius 3 is 2.55 bits per heavy atom. The molecule has 0 radical (unpaired) electrons. The first-order valence-electron chi connectivity index (χ1n) is 9.40. The lowest BCUT2D eigenvalue weighted by Crippen LogP contribution is -2.43. The molecule has 2 bridgehead atoms. The minimum atomic E-state index is -4.65. The number of ether oxygens (including phenoxy) is 1. The van der Waals surface area contributed by atoms with Crippen molar-refractivity contribution in [3.8, 4) is 0 Å². The highest BCUT2D eigenvalue weighted by molar-refractivity contribution is 5.76. The van der Waals surface area contributed by atoms with Crippen LogP contribution in [0.25, 0.3) is 5.57 Å². The number of amides is 1. The van der Waals surface area contributed by atoms with E-state index < -0.39 is 23.7 Å². The summed E-state index contributed by atoms with van der Waals surface area (Å²) >= 11 is 0. The fourth-order valence-electron chi connectivity index (χ4n) is 4.14. The number of nitrogens with zero attached hydrogens (tertiary/aromatic N) is 1. The van der Waals surface area contributed by atoms with Gasteiger partial charge in [-0.05, 0) is 48.1 Å². The molecule has 0 aliphatic carbocycles. The van der Waals surface area contributed by atoms with Gasteiger partial charge in [0.25, 0.3) is 0 Å². The average molecular weight is 405 g/mol. The average Bonchev–Trinajstić information content (AvgIpc) is 2.96. The van der Waals surface area contributed by atoms with Crippen molar-refractivity contribution < 1.29 is 27.1 Å². The topological polar surface area (TPSA) is 29.5 Å². The molecule has 2 aliphatic heterocycles. The van der Waals surface area contributed by atoms with Crippen molar-refractivity contribution in [2.45, 2.75) is 44.1 Å². The number of halogens is 4. The van der Waals surface area contributed by atoms with E-state index in [1.807, 2.05) is 30.3 Å². The second-order valence-corrected chi connectivity index (χ2v) is 7.33. The summed E-state index contributed by atoms with van der Waals surface area (Å²) in [7, 11) is 0. The van der Waals surface area contributed by atoms with Crippen LogP contribution in [0.3, 0.4) is 0 Å². The van der Waals surface area contributed by atoms with Gasteiger partial charge in [-0.15, -0.1) is 0 Å². The van der Waals surface area contributed by atoms with Crippen LogP contribution in [-0.2, 0) is 17.5 Å². The van der Waals surface area contributed by atoms with Gasteiger partial charge in [0.2, 0.25) is 0 Å². The minimum Gasteiger partial charge on any atom is -0.445 e. The van der Waals surface area contributed by atoms with Gasteiger partial charge in [-0.2, -0.15) is 13.2 Å². The van der Waals surface area contributed by atoms with Gasteiger partial charge >= 0.3 is 12.3 Å².